The zero-order valence-electron chi connectivity index (χ0n) is 13.2. The molecule has 0 radical (unpaired) electrons. The maximum Gasteiger partial charge on any atom is 0.226 e. The second-order valence-corrected chi connectivity index (χ2v) is 6.92. The predicted molar refractivity (Wildman–Crippen MR) is 86.2 cm³/mol. The van der Waals surface area contributed by atoms with Crippen LogP contribution in [0.5, 0.6) is 0 Å². The maximum atomic E-state index is 12.7. The molecule has 1 atom stereocenters. The summed E-state index contributed by atoms with van der Waals surface area (Å²) in [5.41, 5.74) is 1.34. The van der Waals surface area contributed by atoms with Crippen LogP contribution in [0.3, 0.4) is 0 Å². The Bertz CT molecular complexity index is 723. The first kappa shape index (κ1) is 14.8. The van der Waals surface area contributed by atoms with Crippen molar-refractivity contribution < 1.29 is 9.53 Å². The molecule has 2 aliphatic rings. The van der Waals surface area contributed by atoms with Gasteiger partial charge in [0, 0.05) is 24.4 Å². The van der Waals surface area contributed by atoms with Crippen LogP contribution in [0, 0.1) is 0 Å². The summed E-state index contributed by atoms with van der Waals surface area (Å²) in [6.45, 7) is 4.84. The summed E-state index contributed by atoms with van der Waals surface area (Å²) in [5.74, 6) is 2.04. The second kappa shape index (κ2) is 6.05. The molecule has 7 heteroatoms. The SMILES string of the molecule is CCc1nnc2n1CCN(C(=O)CC1OCCc3ccsc31)C2. The van der Waals surface area contributed by atoms with Gasteiger partial charge in [0.15, 0.2) is 5.82 Å². The average Bonchev–Trinajstić information content (AvgIpc) is 3.21. The van der Waals surface area contributed by atoms with Crippen LogP contribution in [0.15, 0.2) is 11.4 Å². The summed E-state index contributed by atoms with van der Waals surface area (Å²) >= 11 is 1.69. The molecular formula is C16H20N4O2S. The van der Waals surface area contributed by atoms with Crippen LogP contribution < -0.4 is 0 Å². The molecule has 0 saturated heterocycles. The highest BCUT2D eigenvalue weighted by Gasteiger charge is 2.29. The van der Waals surface area contributed by atoms with Crippen molar-refractivity contribution in [2.75, 3.05) is 13.2 Å². The first-order chi connectivity index (χ1) is 11.3. The van der Waals surface area contributed by atoms with Crippen LogP contribution >= 0.6 is 11.3 Å². The minimum atomic E-state index is -0.0859. The Labute approximate surface area is 139 Å². The maximum absolute atomic E-state index is 12.7. The molecule has 4 rings (SSSR count). The number of aromatic nitrogens is 3. The van der Waals surface area contributed by atoms with Crippen LogP contribution in [0.4, 0.5) is 0 Å². The third kappa shape index (κ3) is 2.68. The van der Waals surface area contributed by atoms with E-state index in [0.717, 1.165) is 37.6 Å². The normalized spacial score (nSPS) is 20.2. The molecule has 0 N–H and O–H groups in total. The van der Waals surface area contributed by atoms with Crippen molar-refractivity contribution in [2.45, 2.75) is 45.4 Å². The molecule has 0 aliphatic carbocycles. The van der Waals surface area contributed by atoms with Crippen molar-refractivity contribution in [1.29, 1.82) is 0 Å². The number of carbonyl (C=O) groups excluding carboxylic acids is 1. The van der Waals surface area contributed by atoms with Gasteiger partial charge in [0.2, 0.25) is 5.91 Å². The summed E-state index contributed by atoms with van der Waals surface area (Å²) < 4.78 is 7.98. The molecule has 0 aromatic carbocycles. The smallest absolute Gasteiger partial charge is 0.226 e. The number of rotatable bonds is 3. The van der Waals surface area contributed by atoms with Crippen molar-refractivity contribution in [3.05, 3.63) is 33.5 Å². The minimum Gasteiger partial charge on any atom is -0.372 e. The van der Waals surface area contributed by atoms with Gasteiger partial charge in [-0.3, -0.25) is 4.79 Å². The number of aryl methyl sites for hydroxylation is 1. The quantitative estimate of drug-likeness (QED) is 0.862. The van der Waals surface area contributed by atoms with Crippen LogP contribution in [-0.2, 0) is 35.5 Å². The molecule has 6 nitrogen and oxygen atoms in total. The molecule has 0 saturated carbocycles. The fourth-order valence-electron chi connectivity index (χ4n) is 3.36. The first-order valence-corrected chi connectivity index (χ1v) is 9.00. The Morgan fingerprint density at radius 3 is 3.22 bits per heavy atom. The fraction of sp³-hybridized carbons (Fsp3) is 0.562. The molecule has 0 fully saturated rings. The van der Waals surface area contributed by atoms with Crippen molar-refractivity contribution in [3.63, 3.8) is 0 Å². The van der Waals surface area contributed by atoms with E-state index in [-0.39, 0.29) is 12.0 Å². The zero-order chi connectivity index (χ0) is 15.8. The highest BCUT2D eigenvalue weighted by Crippen LogP contribution is 2.34. The Hall–Kier alpha value is -1.73. The van der Waals surface area contributed by atoms with Crippen LogP contribution in [0.2, 0.25) is 0 Å². The van der Waals surface area contributed by atoms with E-state index in [2.05, 4.69) is 33.1 Å². The first-order valence-electron chi connectivity index (χ1n) is 8.13. The number of fused-ring (bicyclic) bond motifs is 2. The molecule has 0 bridgehead atoms. The lowest BCUT2D eigenvalue weighted by Crippen LogP contribution is -2.39. The van der Waals surface area contributed by atoms with Crippen molar-refractivity contribution in [2.24, 2.45) is 0 Å². The van der Waals surface area contributed by atoms with Gasteiger partial charge in [-0.05, 0) is 23.4 Å². The summed E-state index contributed by atoms with van der Waals surface area (Å²) in [5, 5.41) is 10.5. The molecule has 1 unspecified atom stereocenters. The van der Waals surface area contributed by atoms with Crippen LogP contribution in [0.1, 0.15) is 41.5 Å². The summed E-state index contributed by atoms with van der Waals surface area (Å²) in [7, 11) is 0. The second-order valence-electron chi connectivity index (χ2n) is 5.98. The van der Waals surface area contributed by atoms with E-state index < -0.39 is 0 Å². The van der Waals surface area contributed by atoms with Crippen LogP contribution in [-0.4, -0.2) is 38.7 Å². The van der Waals surface area contributed by atoms with E-state index in [9.17, 15) is 4.79 Å². The lowest BCUT2D eigenvalue weighted by molar-refractivity contribution is -0.136. The Kier molecular flexibility index (Phi) is 3.90. The van der Waals surface area contributed by atoms with E-state index in [1.807, 2.05) is 4.90 Å². The summed E-state index contributed by atoms with van der Waals surface area (Å²) in [4.78, 5) is 15.8. The van der Waals surface area contributed by atoms with E-state index in [1.54, 1.807) is 11.3 Å². The fourth-order valence-corrected chi connectivity index (χ4v) is 4.36. The van der Waals surface area contributed by atoms with E-state index >= 15 is 0 Å². The van der Waals surface area contributed by atoms with E-state index in [4.69, 9.17) is 4.74 Å². The highest BCUT2D eigenvalue weighted by atomic mass is 32.1. The lowest BCUT2D eigenvalue weighted by atomic mass is 10.0. The molecule has 122 valence electrons. The third-order valence-corrected chi connectivity index (χ3v) is 5.67. The molecule has 2 aliphatic heterocycles. The minimum absolute atomic E-state index is 0.0859. The van der Waals surface area contributed by atoms with Crippen LogP contribution in [0.25, 0.3) is 0 Å². The molecule has 1 amide bonds. The highest BCUT2D eigenvalue weighted by molar-refractivity contribution is 7.10. The predicted octanol–water partition coefficient (Wildman–Crippen LogP) is 1.95. The van der Waals surface area contributed by atoms with Gasteiger partial charge >= 0.3 is 0 Å². The number of thiophene rings is 1. The molecule has 0 spiro atoms. The number of hydrogen-bond donors (Lipinski definition) is 0. The van der Waals surface area contributed by atoms with Crippen molar-refractivity contribution in [1.82, 2.24) is 19.7 Å². The van der Waals surface area contributed by atoms with E-state index in [0.29, 0.717) is 19.6 Å². The Morgan fingerprint density at radius 2 is 2.35 bits per heavy atom. The average molecular weight is 332 g/mol. The molecule has 2 aromatic rings. The van der Waals surface area contributed by atoms with Gasteiger partial charge < -0.3 is 14.2 Å². The van der Waals surface area contributed by atoms with Gasteiger partial charge in [-0.2, -0.15) is 0 Å². The standard InChI is InChI=1S/C16H20N4O2S/c1-2-13-17-18-14-10-19(5-6-20(13)14)15(21)9-12-16-11(3-7-22-12)4-8-23-16/h4,8,12H,2-3,5-7,9-10H2,1H3. The summed E-state index contributed by atoms with van der Waals surface area (Å²) in [6.07, 6.45) is 2.16. The molecule has 23 heavy (non-hydrogen) atoms. The molecular weight excluding hydrogens is 312 g/mol. The number of carbonyl (C=O) groups is 1. The Morgan fingerprint density at radius 1 is 1.43 bits per heavy atom. The van der Waals surface area contributed by atoms with Gasteiger partial charge in [0.1, 0.15) is 11.9 Å². The van der Waals surface area contributed by atoms with Gasteiger partial charge in [-0.25, -0.2) is 0 Å². The number of ether oxygens (including phenoxy) is 1. The van der Waals surface area contributed by atoms with Gasteiger partial charge in [-0.15, -0.1) is 21.5 Å². The summed E-state index contributed by atoms with van der Waals surface area (Å²) in [6, 6.07) is 2.15. The monoisotopic (exact) mass is 332 g/mol. The van der Waals surface area contributed by atoms with Gasteiger partial charge in [0.05, 0.1) is 19.6 Å². The van der Waals surface area contributed by atoms with Gasteiger partial charge in [-0.1, -0.05) is 6.92 Å². The van der Waals surface area contributed by atoms with E-state index in [1.165, 1.54) is 10.4 Å². The number of amides is 1. The number of hydrogen-bond acceptors (Lipinski definition) is 5. The molecule has 2 aromatic heterocycles. The number of nitrogens with zero attached hydrogens (tertiary/aromatic N) is 4. The topological polar surface area (TPSA) is 60.2 Å². The van der Waals surface area contributed by atoms with Gasteiger partial charge in [0.25, 0.3) is 0 Å². The van der Waals surface area contributed by atoms with Crippen molar-refractivity contribution >= 4 is 17.2 Å². The zero-order valence-corrected chi connectivity index (χ0v) is 14.0. The molecule has 4 heterocycles. The van der Waals surface area contributed by atoms with Crippen molar-refractivity contribution in [3.8, 4) is 0 Å². The lowest BCUT2D eigenvalue weighted by Gasteiger charge is -2.30. The largest absolute Gasteiger partial charge is 0.372 e. The third-order valence-electron chi connectivity index (χ3n) is 4.62. The Balaban J connectivity index is 1.45.